The minimum atomic E-state index is -4.94. The van der Waals surface area contributed by atoms with Crippen LogP contribution in [0.2, 0.25) is 0 Å². The van der Waals surface area contributed by atoms with Gasteiger partial charge in [-0.25, -0.2) is 12.8 Å². The van der Waals surface area contributed by atoms with E-state index >= 15 is 0 Å². The number of nitrogens with one attached hydrogen (secondary N) is 3. The first kappa shape index (κ1) is 28.3. The van der Waals surface area contributed by atoms with Crippen LogP contribution in [-0.4, -0.2) is 67.3 Å². The molecule has 36 heavy (non-hydrogen) atoms. The summed E-state index contributed by atoms with van der Waals surface area (Å²) in [7, 11) is -3.92. The molecule has 202 valence electrons. The van der Waals surface area contributed by atoms with Crippen LogP contribution in [0.1, 0.15) is 50.6 Å². The van der Waals surface area contributed by atoms with E-state index in [2.05, 4.69) is 16.0 Å². The number of alkyl halides is 3. The van der Waals surface area contributed by atoms with Crippen LogP contribution < -0.4 is 16.0 Å². The summed E-state index contributed by atoms with van der Waals surface area (Å²) in [5, 5.41) is 17.4. The summed E-state index contributed by atoms with van der Waals surface area (Å²) in [6, 6.07) is -2.07. The molecule has 2 fully saturated rings. The Kier molecular flexibility index (Phi) is 8.99. The Balaban J connectivity index is 1.82. The molecule has 2 aliphatic rings. The largest absolute Gasteiger partial charge is 0.407 e. The molecule has 0 aliphatic heterocycles. The van der Waals surface area contributed by atoms with Crippen LogP contribution in [0.5, 0.6) is 0 Å². The number of hydrogen-bond donors (Lipinski definition) is 4. The summed E-state index contributed by atoms with van der Waals surface area (Å²) in [4.78, 5) is 25.3. The van der Waals surface area contributed by atoms with Crippen LogP contribution in [-0.2, 0) is 19.4 Å². The van der Waals surface area contributed by atoms with Crippen molar-refractivity contribution >= 4 is 21.7 Å². The van der Waals surface area contributed by atoms with Gasteiger partial charge in [0.1, 0.15) is 17.9 Å². The zero-order valence-corrected chi connectivity index (χ0v) is 20.5. The van der Waals surface area contributed by atoms with Crippen LogP contribution in [0, 0.1) is 11.7 Å². The highest BCUT2D eigenvalue weighted by atomic mass is 32.2. The number of carbonyl (C=O) groups excluding carboxylic acids is 2. The van der Waals surface area contributed by atoms with Crippen molar-refractivity contribution in [3.8, 4) is 0 Å². The van der Waals surface area contributed by atoms with E-state index in [9.17, 15) is 40.7 Å². The molecule has 2 aliphatic carbocycles. The second-order valence-electron chi connectivity index (χ2n) is 9.52. The number of aliphatic hydroxyl groups is 1. The third kappa shape index (κ3) is 8.41. The molecule has 0 radical (unpaired) electrons. The summed E-state index contributed by atoms with van der Waals surface area (Å²) in [5.41, 5.74) is -0.405. The number of sulfone groups is 1. The maximum absolute atomic E-state index is 13.9. The maximum Gasteiger partial charge on any atom is 0.407 e. The fraction of sp³-hybridized carbons (Fsp3) is 0.652. The Labute approximate surface area is 207 Å². The lowest BCUT2D eigenvalue weighted by Crippen LogP contribution is -2.57. The first-order valence-electron chi connectivity index (χ1n) is 11.9. The number of amides is 2. The Bertz CT molecular complexity index is 1030. The zero-order chi connectivity index (χ0) is 26.7. The van der Waals surface area contributed by atoms with Crippen LogP contribution in [0.15, 0.2) is 24.3 Å². The first-order valence-corrected chi connectivity index (χ1v) is 13.7. The van der Waals surface area contributed by atoms with E-state index in [1.165, 1.54) is 0 Å². The molecule has 0 heterocycles. The second kappa shape index (κ2) is 11.4. The highest BCUT2D eigenvalue weighted by molar-refractivity contribution is 7.91. The molecule has 2 amide bonds. The fourth-order valence-corrected chi connectivity index (χ4v) is 5.73. The van der Waals surface area contributed by atoms with Crippen molar-refractivity contribution in [1.29, 1.82) is 0 Å². The van der Waals surface area contributed by atoms with Crippen LogP contribution >= 0.6 is 0 Å². The van der Waals surface area contributed by atoms with Gasteiger partial charge in [0, 0.05) is 6.04 Å². The highest BCUT2D eigenvalue weighted by Crippen LogP contribution is 2.34. The summed E-state index contributed by atoms with van der Waals surface area (Å²) >= 11 is 0. The van der Waals surface area contributed by atoms with Gasteiger partial charge in [-0.05, 0) is 55.7 Å². The molecular formula is C23H31F4N3O5S. The van der Waals surface area contributed by atoms with Crippen molar-refractivity contribution in [2.24, 2.45) is 5.92 Å². The molecule has 4 atom stereocenters. The van der Waals surface area contributed by atoms with E-state index in [-0.39, 0.29) is 24.1 Å². The number of aliphatic hydroxyl groups excluding tert-OH is 1. The molecule has 8 nitrogen and oxygen atoms in total. The number of rotatable bonds is 13. The average molecular weight is 538 g/mol. The number of carbonyl (C=O) groups is 2. The predicted octanol–water partition coefficient (Wildman–Crippen LogP) is 1.75. The average Bonchev–Trinajstić information content (AvgIpc) is 3.72. The summed E-state index contributed by atoms with van der Waals surface area (Å²) in [6.07, 6.45) is -3.66. The molecule has 0 spiro atoms. The lowest BCUT2D eigenvalue weighted by molar-refractivity contribution is -0.160. The van der Waals surface area contributed by atoms with Crippen molar-refractivity contribution in [2.45, 2.75) is 75.5 Å². The van der Waals surface area contributed by atoms with Gasteiger partial charge in [-0.3, -0.25) is 14.9 Å². The summed E-state index contributed by atoms with van der Waals surface area (Å²) in [5.74, 6) is -3.85. The monoisotopic (exact) mass is 537 g/mol. The molecule has 1 aromatic rings. The molecule has 0 saturated heterocycles. The van der Waals surface area contributed by atoms with Crippen molar-refractivity contribution < 1.29 is 40.7 Å². The van der Waals surface area contributed by atoms with E-state index < -0.39 is 69.2 Å². The van der Waals surface area contributed by atoms with Crippen LogP contribution in [0.4, 0.5) is 17.6 Å². The third-order valence-electron chi connectivity index (χ3n) is 6.16. The van der Waals surface area contributed by atoms with E-state index in [0.29, 0.717) is 12.8 Å². The quantitative estimate of drug-likeness (QED) is 0.284. The SMILES string of the molecule is CC[C@H](NC(=O)[C@H](CS(=O)(=O)CC1CC1)N[C@@H](c1ccc(F)cc1)C(F)(F)F)C(O)C(=O)NC1CC1. The molecule has 0 bridgehead atoms. The lowest BCUT2D eigenvalue weighted by atomic mass is 10.0. The normalized spacial score (nSPS) is 19.7. The molecule has 4 N–H and O–H groups in total. The van der Waals surface area contributed by atoms with Gasteiger partial charge < -0.3 is 15.7 Å². The van der Waals surface area contributed by atoms with E-state index in [0.717, 1.165) is 37.1 Å². The lowest BCUT2D eigenvalue weighted by Gasteiger charge is -2.29. The van der Waals surface area contributed by atoms with Crippen molar-refractivity contribution in [3.63, 3.8) is 0 Å². The van der Waals surface area contributed by atoms with E-state index in [4.69, 9.17) is 0 Å². The predicted molar refractivity (Wildman–Crippen MR) is 123 cm³/mol. The standard InChI is InChI=1S/C23H31F4N3O5S/c1-2-17(19(31)22(33)28-16-9-10-16)30-21(32)18(12-36(34,35)11-13-3-4-13)29-20(23(25,26)27)14-5-7-15(24)8-6-14/h5-8,13,16-20,29,31H,2-4,9-12H2,1H3,(H,28,33)(H,30,32)/t17-,18-,19?,20-/m0/s1. The molecule has 2 saturated carbocycles. The zero-order valence-electron chi connectivity index (χ0n) is 19.7. The van der Waals surface area contributed by atoms with Crippen LogP contribution in [0.25, 0.3) is 0 Å². The number of benzene rings is 1. The highest BCUT2D eigenvalue weighted by Gasteiger charge is 2.44. The Morgan fingerprint density at radius 3 is 2.19 bits per heavy atom. The third-order valence-corrected chi connectivity index (χ3v) is 7.98. The minimum Gasteiger partial charge on any atom is -0.381 e. The molecule has 3 rings (SSSR count). The molecule has 0 aromatic heterocycles. The van der Waals surface area contributed by atoms with Gasteiger partial charge in [-0.15, -0.1) is 0 Å². The first-order chi connectivity index (χ1) is 16.8. The van der Waals surface area contributed by atoms with Gasteiger partial charge in [0.15, 0.2) is 15.9 Å². The molecule has 1 aromatic carbocycles. The van der Waals surface area contributed by atoms with Crippen molar-refractivity contribution in [2.75, 3.05) is 11.5 Å². The van der Waals surface area contributed by atoms with E-state index in [1.54, 1.807) is 6.92 Å². The molecule has 13 heteroatoms. The summed E-state index contributed by atoms with van der Waals surface area (Å²) < 4.78 is 80.5. The Morgan fingerprint density at radius 1 is 1.08 bits per heavy atom. The van der Waals surface area contributed by atoms with E-state index in [1.807, 2.05) is 0 Å². The topological polar surface area (TPSA) is 125 Å². The van der Waals surface area contributed by atoms with Gasteiger partial charge in [-0.2, -0.15) is 13.2 Å². The van der Waals surface area contributed by atoms with Crippen molar-refractivity contribution in [3.05, 3.63) is 35.6 Å². The molecule has 1 unspecified atom stereocenters. The molecular weight excluding hydrogens is 506 g/mol. The Morgan fingerprint density at radius 2 is 1.69 bits per heavy atom. The maximum atomic E-state index is 13.9. The number of hydrogen-bond acceptors (Lipinski definition) is 6. The summed E-state index contributed by atoms with van der Waals surface area (Å²) in [6.45, 7) is 1.56. The number of halogens is 4. The van der Waals surface area contributed by atoms with Gasteiger partial charge in [0.25, 0.3) is 5.91 Å². The van der Waals surface area contributed by atoms with Crippen LogP contribution in [0.3, 0.4) is 0 Å². The van der Waals surface area contributed by atoms with Gasteiger partial charge in [0.2, 0.25) is 5.91 Å². The minimum absolute atomic E-state index is 0.0627. The smallest absolute Gasteiger partial charge is 0.381 e. The van der Waals surface area contributed by atoms with Gasteiger partial charge >= 0.3 is 6.18 Å². The van der Waals surface area contributed by atoms with Gasteiger partial charge in [-0.1, -0.05) is 19.1 Å². The second-order valence-corrected chi connectivity index (χ2v) is 11.7. The van der Waals surface area contributed by atoms with Crippen molar-refractivity contribution in [1.82, 2.24) is 16.0 Å². The van der Waals surface area contributed by atoms with Gasteiger partial charge in [0.05, 0.1) is 17.5 Å². The Hall–Kier alpha value is -2.25. The fourth-order valence-electron chi connectivity index (χ4n) is 3.79.